The van der Waals surface area contributed by atoms with Crippen LogP contribution in [0.25, 0.3) is 5.70 Å². The topological polar surface area (TPSA) is 58.6 Å². The van der Waals surface area contributed by atoms with E-state index in [1.54, 1.807) is 26.0 Å². The summed E-state index contributed by atoms with van der Waals surface area (Å²) in [5.74, 6) is 1.07. The van der Waals surface area contributed by atoms with Crippen LogP contribution in [-0.2, 0) is 11.2 Å². The molecular formula is C33H55F2NO3. The summed E-state index contributed by atoms with van der Waals surface area (Å²) in [6.07, 6.45) is 2.64. The minimum Gasteiger partial charge on any atom is -0.435 e. The molecule has 224 valence electrons. The lowest BCUT2D eigenvalue weighted by atomic mass is 9.99. The van der Waals surface area contributed by atoms with Crippen LogP contribution in [0.1, 0.15) is 97.9 Å². The molecule has 1 atom stereocenters. The number of aliphatic hydroxyl groups is 1. The van der Waals surface area contributed by atoms with Gasteiger partial charge in [-0.3, -0.25) is 0 Å². The molecule has 0 aliphatic heterocycles. The maximum absolute atomic E-state index is 11.8. The van der Waals surface area contributed by atoms with Gasteiger partial charge in [-0.25, -0.2) is 0 Å². The molecule has 0 bridgehead atoms. The van der Waals surface area contributed by atoms with Gasteiger partial charge in [-0.15, -0.1) is 0 Å². The predicted molar refractivity (Wildman–Crippen MR) is 165 cm³/mol. The van der Waals surface area contributed by atoms with Crippen molar-refractivity contribution in [3.05, 3.63) is 71.3 Å². The summed E-state index contributed by atoms with van der Waals surface area (Å²) in [6.45, 7) is 25.0. The summed E-state index contributed by atoms with van der Waals surface area (Å²) >= 11 is 0. The van der Waals surface area contributed by atoms with E-state index in [1.165, 1.54) is 24.1 Å². The molecule has 0 aliphatic rings. The number of rotatable bonds is 8. The molecule has 2 aromatic rings. The van der Waals surface area contributed by atoms with E-state index in [2.05, 4.69) is 69.5 Å². The number of hydrogen-bond acceptors (Lipinski definition) is 4. The van der Waals surface area contributed by atoms with Crippen LogP contribution in [-0.4, -0.2) is 29.6 Å². The van der Waals surface area contributed by atoms with Gasteiger partial charge in [0.1, 0.15) is 12.0 Å². The monoisotopic (exact) mass is 551 g/mol. The maximum Gasteiger partial charge on any atom is 0.387 e. The molecule has 6 heteroatoms. The second-order valence-electron chi connectivity index (χ2n) is 10.0. The van der Waals surface area contributed by atoms with Gasteiger partial charge in [-0.2, -0.15) is 8.78 Å². The van der Waals surface area contributed by atoms with Crippen LogP contribution < -0.4 is 10.1 Å². The Bertz CT molecular complexity index is 903. The van der Waals surface area contributed by atoms with Crippen LogP contribution in [0, 0.1) is 19.8 Å². The Kier molecular flexibility index (Phi) is 24.2. The van der Waals surface area contributed by atoms with Gasteiger partial charge in [0, 0.05) is 5.70 Å². The van der Waals surface area contributed by atoms with Crippen LogP contribution in [0.5, 0.6) is 5.75 Å². The SMILES string of the molecule is C=C(NC(C)C(C)(C)O)c1ccc(C)c(C)c1.CC.CC(C)C.CC=O.CCCc1cccc(OC(F)F)c1. The molecule has 0 amide bonds. The van der Waals surface area contributed by atoms with E-state index < -0.39 is 12.2 Å². The zero-order valence-electron chi connectivity index (χ0n) is 26.5. The number of nitrogens with one attached hydrogen (secondary N) is 1. The molecule has 0 aromatic heterocycles. The third-order valence-corrected chi connectivity index (χ3v) is 4.97. The minimum atomic E-state index is -2.74. The first-order valence-electron chi connectivity index (χ1n) is 13.8. The lowest BCUT2D eigenvalue weighted by Gasteiger charge is -2.28. The van der Waals surface area contributed by atoms with Crippen molar-refractivity contribution < 1.29 is 23.4 Å². The highest BCUT2D eigenvalue weighted by atomic mass is 19.3. The highest BCUT2D eigenvalue weighted by molar-refractivity contribution is 5.63. The van der Waals surface area contributed by atoms with Gasteiger partial charge < -0.3 is 20.0 Å². The highest BCUT2D eigenvalue weighted by Crippen LogP contribution is 2.18. The molecule has 0 saturated heterocycles. The van der Waals surface area contributed by atoms with Crippen molar-refractivity contribution in [3.8, 4) is 5.75 Å². The molecule has 0 fully saturated rings. The lowest BCUT2D eigenvalue weighted by molar-refractivity contribution is -0.106. The van der Waals surface area contributed by atoms with E-state index in [-0.39, 0.29) is 11.8 Å². The number of alkyl halides is 2. The van der Waals surface area contributed by atoms with Crippen LogP contribution in [0.2, 0.25) is 0 Å². The standard InChI is InChI=1S/C15H23NO.C10H12F2O.C4H10.C2H4O.C2H6/c1-10-7-8-14(9-11(10)2)12(3)16-13(4)15(5,6)17;1-2-4-8-5-3-6-9(7-8)13-10(11)12;1-4(2)3;1-2-3;1-2/h7-9,13,16-17H,3H2,1-2,4-6H3;3,5-7,10H,2,4H2,1H3;4H,1-3H3;2H,1H3;1-2H3. The van der Waals surface area contributed by atoms with Gasteiger partial charge in [-0.05, 0) is 94.3 Å². The average molecular weight is 552 g/mol. The second kappa shape index (κ2) is 23.2. The number of aldehydes is 1. The second-order valence-corrected chi connectivity index (χ2v) is 10.0. The van der Waals surface area contributed by atoms with Gasteiger partial charge in [0.05, 0.1) is 11.6 Å². The minimum absolute atomic E-state index is 0.0448. The molecule has 0 saturated carbocycles. The Hall–Kier alpha value is -2.73. The molecule has 4 nitrogen and oxygen atoms in total. The van der Waals surface area contributed by atoms with Gasteiger partial charge in [0.25, 0.3) is 0 Å². The van der Waals surface area contributed by atoms with E-state index in [1.807, 2.05) is 33.8 Å². The molecule has 39 heavy (non-hydrogen) atoms. The fourth-order valence-corrected chi connectivity index (χ4v) is 2.62. The van der Waals surface area contributed by atoms with Crippen LogP contribution in [0.15, 0.2) is 49.0 Å². The summed E-state index contributed by atoms with van der Waals surface area (Å²) in [4.78, 5) is 8.81. The molecule has 1 unspecified atom stereocenters. The van der Waals surface area contributed by atoms with Crippen LogP contribution in [0.4, 0.5) is 8.78 Å². The Morgan fingerprint density at radius 1 is 1.05 bits per heavy atom. The van der Waals surface area contributed by atoms with Gasteiger partial charge in [-0.1, -0.05) is 78.8 Å². The Morgan fingerprint density at radius 3 is 1.97 bits per heavy atom. The molecule has 2 aromatic carbocycles. The first-order valence-corrected chi connectivity index (χ1v) is 13.8. The Labute approximate surface area is 237 Å². The third-order valence-electron chi connectivity index (χ3n) is 4.97. The van der Waals surface area contributed by atoms with Gasteiger partial charge >= 0.3 is 6.61 Å². The van der Waals surface area contributed by atoms with Crippen LogP contribution >= 0.6 is 0 Å². The van der Waals surface area contributed by atoms with E-state index in [0.717, 1.165) is 41.9 Å². The average Bonchev–Trinajstić information content (AvgIpc) is 2.82. The van der Waals surface area contributed by atoms with E-state index >= 15 is 0 Å². The van der Waals surface area contributed by atoms with Crippen LogP contribution in [0.3, 0.4) is 0 Å². The first kappa shape index (κ1) is 40.8. The van der Waals surface area contributed by atoms with Crippen molar-refractivity contribution in [2.24, 2.45) is 5.92 Å². The molecule has 0 aliphatic carbocycles. The normalized spacial score (nSPS) is 10.7. The zero-order valence-corrected chi connectivity index (χ0v) is 26.5. The fourth-order valence-electron chi connectivity index (χ4n) is 2.62. The first-order chi connectivity index (χ1) is 18.1. The summed E-state index contributed by atoms with van der Waals surface area (Å²) in [5, 5.41) is 13.1. The highest BCUT2D eigenvalue weighted by Gasteiger charge is 2.22. The predicted octanol–water partition coefficient (Wildman–Crippen LogP) is 9.16. The quantitative estimate of drug-likeness (QED) is 0.321. The number of halogens is 2. The van der Waals surface area contributed by atoms with E-state index in [0.29, 0.717) is 0 Å². The summed E-state index contributed by atoms with van der Waals surface area (Å²) in [7, 11) is 0. The lowest BCUT2D eigenvalue weighted by Crippen LogP contribution is -2.43. The number of hydrogen-bond donors (Lipinski definition) is 2. The summed E-state index contributed by atoms with van der Waals surface area (Å²) in [6, 6.07) is 13.0. The largest absolute Gasteiger partial charge is 0.435 e. The summed E-state index contributed by atoms with van der Waals surface area (Å²) in [5.41, 5.74) is 4.72. The smallest absolute Gasteiger partial charge is 0.387 e. The van der Waals surface area contributed by atoms with Crippen molar-refractivity contribution in [1.82, 2.24) is 5.32 Å². The number of benzene rings is 2. The zero-order chi connectivity index (χ0) is 31.2. The fraction of sp³-hybridized carbons (Fsp3) is 0.545. The number of aryl methyl sites for hydroxylation is 3. The molecule has 0 heterocycles. The molecule has 0 spiro atoms. The number of carbonyl (C=O) groups excluding carboxylic acids is 1. The van der Waals surface area contributed by atoms with Crippen molar-refractivity contribution in [3.63, 3.8) is 0 Å². The number of ether oxygens (including phenoxy) is 1. The van der Waals surface area contributed by atoms with Crippen molar-refractivity contribution in [1.29, 1.82) is 0 Å². The molecule has 2 N–H and O–H groups in total. The molecular weight excluding hydrogens is 496 g/mol. The maximum atomic E-state index is 11.8. The van der Waals surface area contributed by atoms with E-state index in [4.69, 9.17) is 4.79 Å². The molecule has 2 rings (SSSR count). The van der Waals surface area contributed by atoms with Crippen molar-refractivity contribution >= 4 is 12.0 Å². The third kappa shape index (κ3) is 22.9. The van der Waals surface area contributed by atoms with Crippen molar-refractivity contribution in [2.75, 3.05) is 0 Å². The Morgan fingerprint density at radius 2 is 1.56 bits per heavy atom. The summed E-state index contributed by atoms with van der Waals surface area (Å²) < 4.78 is 27.9. The number of carbonyl (C=O) groups is 1. The van der Waals surface area contributed by atoms with Gasteiger partial charge in [0.15, 0.2) is 0 Å². The van der Waals surface area contributed by atoms with Crippen molar-refractivity contribution in [2.45, 2.75) is 114 Å². The van der Waals surface area contributed by atoms with Gasteiger partial charge in [0.2, 0.25) is 0 Å². The van der Waals surface area contributed by atoms with E-state index in [9.17, 15) is 13.9 Å². The molecule has 0 radical (unpaired) electrons. The Balaban J connectivity index is -0.000000519.